The highest BCUT2D eigenvalue weighted by Gasteiger charge is 2.35. The highest BCUT2D eigenvalue weighted by molar-refractivity contribution is 6.16. The molecule has 112 valence electrons. The molecule has 0 bridgehead atoms. The quantitative estimate of drug-likeness (QED) is 0.879. The third-order valence-corrected chi connectivity index (χ3v) is 4.08. The molecule has 1 unspecified atom stereocenters. The first-order chi connectivity index (χ1) is 10.5. The number of hydrogen-bond acceptors (Lipinski definition) is 3. The van der Waals surface area contributed by atoms with Gasteiger partial charge in [-0.25, -0.2) is 0 Å². The van der Waals surface area contributed by atoms with Crippen molar-refractivity contribution in [3.8, 4) is 0 Å². The number of aliphatic imine (C=N–C) groups is 1. The summed E-state index contributed by atoms with van der Waals surface area (Å²) >= 11 is 0. The Labute approximate surface area is 130 Å². The molecule has 0 saturated heterocycles. The van der Waals surface area contributed by atoms with Crippen molar-refractivity contribution in [2.75, 3.05) is 0 Å². The van der Waals surface area contributed by atoms with Crippen LogP contribution in [-0.4, -0.2) is 22.1 Å². The van der Waals surface area contributed by atoms with Gasteiger partial charge in [0.1, 0.15) is 6.10 Å². The summed E-state index contributed by atoms with van der Waals surface area (Å²) in [6.07, 6.45) is -0.406. The normalized spacial score (nSPS) is 19.2. The molecule has 0 fully saturated rings. The second-order valence-corrected chi connectivity index (χ2v) is 6.17. The Morgan fingerprint density at radius 3 is 2.45 bits per heavy atom. The summed E-state index contributed by atoms with van der Waals surface area (Å²) in [6.45, 7) is 3.78. The van der Waals surface area contributed by atoms with Crippen molar-refractivity contribution in [1.29, 1.82) is 0 Å². The van der Waals surface area contributed by atoms with E-state index in [0.29, 0.717) is 5.56 Å². The molecule has 3 rings (SSSR count). The Balaban J connectivity index is 1.97. The molecule has 0 amide bonds. The van der Waals surface area contributed by atoms with Gasteiger partial charge in [0.05, 0.1) is 17.7 Å². The molecule has 1 aliphatic heterocycles. The van der Waals surface area contributed by atoms with Gasteiger partial charge in [0.2, 0.25) is 0 Å². The molecule has 22 heavy (non-hydrogen) atoms. The van der Waals surface area contributed by atoms with Gasteiger partial charge in [-0.2, -0.15) is 0 Å². The number of carbonyl (C=O) groups excluding carboxylic acids is 1. The summed E-state index contributed by atoms with van der Waals surface area (Å²) in [5.74, 6) is 0.0429. The second-order valence-electron chi connectivity index (χ2n) is 6.17. The Morgan fingerprint density at radius 2 is 1.73 bits per heavy atom. The fraction of sp³-hybridized carbons (Fsp3) is 0.263. The molecule has 0 radical (unpaired) electrons. The molecule has 2 aromatic carbocycles. The number of rotatable bonds is 3. The molecule has 1 N–H and O–H groups in total. The maximum Gasteiger partial charge on any atom is 0.168 e. The smallest absolute Gasteiger partial charge is 0.168 e. The van der Waals surface area contributed by atoms with E-state index in [2.05, 4.69) is 4.99 Å². The number of nitrogens with zero attached hydrogens (tertiary/aromatic N) is 1. The second kappa shape index (κ2) is 5.50. The summed E-state index contributed by atoms with van der Waals surface area (Å²) in [6, 6.07) is 16.9. The Morgan fingerprint density at radius 1 is 1.09 bits per heavy atom. The zero-order valence-corrected chi connectivity index (χ0v) is 12.8. The van der Waals surface area contributed by atoms with Crippen LogP contribution in [-0.2, 0) is 0 Å². The van der Waals surface area contributed by atoms with Crippen LogP contribution in [0.15, 0.2) is 59.6 Å². The molecule has 0 aliphatic carbocycles. The Hall–Kier alpha value is -2.26. The average molecular weight is 293 g/mol. The number of carbonyl (C=O) groups is 1. The first kappa shape index (κ1) is 14.7. The van der Waals surface area contributed by atoms with E-state index < -0.39 is 11.6 Å². The summed E-state index contributed by atoms with van der Waals surface area (Å²) in [5, 5.41) is 10.5. The van der Waals surface area contributed by atoms with Crippen LogP contribution in [0.4, 0.5) is 0 Å². The van der Waals surface area contributed by atoms with Crippen LogP contribution in [0, 0.1) is 0 Å². The van der Waals surface area contributed by atoms with Gasteiger partial charge in [-0.1, -0.05) is 54.6 Å². The minimum atomic E-state index is -0.653. The molecule has 3 nitrogen and oxygen atoms in total. The number of hydrogen-bond donors (Lipinski definition) is 1. The van der Waals surface area contributed by atoms with Crippen LogP contribution in [0.3, 0.4) is 0 Å². The molecule has 0 aromatic heterocycles. The van der Waals surface area contributed by atoms with Crippen LogP contribution in [0.25, 0.3) is 0 Å². The summed E-state index contributed by atoms with van der Waals surface area (Å²) in [5.41, 5.74) is 2.53. The van der Waals surface area contributed by atoms with Gasteiger partial charge in [0.25, 0.3) is 0 Å². The molecule has 0 saturated carbocycles. The van der Waals surface area contributed by atoms with Gasteiger partial charge < -0.3 is 5.11 Å². The van der Waals surface area contributed by atoms with Crippen LogP contribution >= 0.6 is 0 Å². The highest BCUT2D eigenvalue weighted by atomic mass is 16.3. The number of Topliss-reactive ketones (excluding diaryl/α,β-unsaturated/α-hetero) is 1. The van der Waals surface area contributed by atoms with Crippen molar-refractivity contribution in [2.24, 2.45) is 4.99 Å². The lowest BCUT2D eigenvalue weighted by Crippen LogP contribution is -2.34. The number of benzene rings is 2. The SMILES string of the molecule is CC1(C)N=C(CC(=O)c2ccccc2)c2ccccc2C1O. The van der Waals surface area contributed by atoms with E-state index in [4.69, 9.17) is 0 Å². The van der Waals surface area contributed by atoms with Crippen molar-refractivity contribution in [2.45, 2.75) is 31.9 Å². The Bertz CT molecular complexity index is 732. The van der Waals surface area contributed by atoms with E-state index >= 15 is 0 Å². The number of fused-ring (bicyclic) bond motifs is 1. The fourth-order valence-corrected chi connectivity index (χ4v) is 2.86. The van der Waals surface area contributed by atoms with E-state index in [1.807, 2.05) is 68.4 Å². The van der Waals surface area contributed by atoms with E-state index in [9.17, 15) is 9.90 Å². The topological polar surface area (TPSA) is 49.7 Å². The van der Waals surface area contributed by atoms with Crippen LogP contribution in [0.1, 0.15) is 47.9 Å². The van der Waals surface area contributed by atoms with Gasteiger partial charge >= 0.3 is 0 Å². The van der Waals surface area contributed by atoms with E-state index in [1.54, 1.807) is 0 Å². The first-order valence-corrected chi connectivity index (χ1v) is 7.43. The zero-order chi connectivity index (χ0) is 15.7. The standard InChI is InChI=1S/C19H19NO2/c1-19(2)18(22)15-11-7-6-10-14(15)16(20-19)12-17(21)13-8-4-3-5-9-13/h3-11,18,22H,12H2,1-2H3. The van der Waals surface area contributed by atoms with Gasteiger partial charge in [-0.15, -0.1) is 0 Å². The van der Waals surface area contributed by atoms with Crippen LogP contribution in [0.2, 0.25) is 0 Å². The molecule has 1 aliphatic rings. The molecule has 3 heteroatoms. The van der Waals surface area contributed by atoms with E-state index in [1.165, 1.54) is 0 Å². The first-order valence-electron chi connectivity index (χ1n) is 7.43. The lowest BCUT2D eigenvalue weighted by atomic mass is 9.83. The number of ketones is 1. The van der Waals surface area contributed by atoms with Crippen LogP contribution < -0.4 is 0 Å². The monoisotopic (exact) mass is 293 g/mol. The van der Waals surface area contributed by atoms with Crippen molar-refractivity contribution < 1.29 is 9.90 Å². The largest absolute Gasteiger partial charge is 0.386 e. The predicted octanol–water partition coefficient (Wildman–Crippen LogP) is 3.57. The molecule has 0 spiro atoms. The van der Waals surface area contributed by atoms with E-state index in [0.717, 1.165) is 16.8 Å². The summed E-state index contributed by atoms with van der Waals surface area (Å²) < 4.78 is 0. The Kier molecular flexibility index (Phi) is 3.67. The molecule has 1 heterocycles. The van der Waals surface area contributed by atoms with Crippen molar-refractivity contribution in [3.05, 3.63) is 71.3 Å². The van der Waals surface area contributed by atoms with Crippen LogP contribution in [0.5, 0.6) is 0 Å². The van der Waals surface area contributed by atoms with Gasteiger partial charge in [0.15, 0.2) is 5.78 Å². The zero-order valence-electron chi connectivity index (χ0n) is 12.8. The lowest BCUT2D eigenvalue weighted by Gasteiger charge is -2.34. The minimum Gasteiger partial charge on any atom is -0.386 e. The molecule has 2 aromatic rings. The fourth-order valence-electron chi connectivity index (χ4n) is 2.86. The molecule has 1 atom stereocenters. The van der Waals surface area contributed by atoms with Crippen molar-refractivity contribution in [3.63, 3.8) is 0 Å². The maximum absolute atomic E-state index is 12.5. The third kappa shape index (κ3) is 2.60. The molecular formula is C19H19NO2. The van der Waals surface area contributed by atoms with Gasteiger partial charge in [-0.3, -0.25) is 9.79 Å². The van der Waals surface area contributed by atoms with Crippen molar-refractivity contribution >= 4 is 11.5 Å². The number of aliphatic hydroxyl groups excluding tert-OH is 1. The van der Waals surface area contributed by atoms with Gasteiger partial charge in [-0.05, 0) is 19.4 Å². The van der Waals surface area contributed by atoms with E-state index in [-0.39, 0.29) is 12.2 Å². The third-order valence-electron chi connectivity index (χ3n) is 4.08. The maximum atomic E-state index is 12.5. The highest BCUT2D eigenvalue weighted by Crippen LogP contribution is 2.36. The molecular weight excluding hydrogens is 274 g/mol. The lowest BCUT2D eigenvalue weighted by molar-refractivity contribution is 0.0982. The number of aliphatic hydroxyl groups is 1. The average Bonchev–Trinajstić information content (AvgIpc) is 2.53. The minimum absolute atomic E-state index is 0.0429. The van der Waals surface area contributed by atoms with Gasteiger partial charge in [0, 0.05) is 11.1 Å². The summed E-state index contributed by atoms with van der Waals surface area (Å²) in [7, 11) is 0. The predicted molar refractivity (Wildman–Crippen MR) is 87.4 cm³/mol. The summed E-state index contributed by atoms with van der Waals surface area (Å²) in [4.78, 5) is 17.1. The van der Waals surface area contributed by atoms with Crippen molar-refractivity contribution in [1.82, 2.24) is 0 Å².